The molecule has 1 aromatic heterocycles. The van der Waals surface area contributed by atoms with Crippen LogP contribution in [0.25, 0.3) is 0 Å². The molecule has 1 heterocycles. The Morgan fingerprint density at radius 2 is 2.33 bits per heavy atom. The molecule has 0 aromatic carbocycles. The van der Waals surface area contributed by atoms with Gasteiger partial charge in [-0.3, -0.25) is 4.98 Å². The Morgan fingerprint density at radius 1 is 1.60 bits per heavy atom. The quantitative estimate of drug-likeness (QED) is 0.805. The van der Waals surface area contributed by atoms with E-state index < -0.39 is 11.7 Å². The van der Waals surface area contributed by atoms with Gasteiger partial charge in [-0.05, 0) is 32.4 Å². The number of nitrogens with one attached hydrogen (secondary N) is 1. The van der Waals surface area contributed by atoms with Crippen molar-refractivity contribution >= 4 is 6.09 Å². The lowest BCUT2D eigenvalue weighted by atomic mass is 10.2. The molecule has 1 amide bonds. The van der Waals surface area contributed by atoms with Gasteiger partial charge in [0.15, 0.2) is 0 Å². The van der Waals surface area contributed by atoms with E-state index in [2.05, 4.69) is 16.5 Å². The molecule has 0 spiro atoms. The highest BCUT2D eigenvalue weighted by atomic mass is 16.6. The third kappa shape index (κ3) is 5.00. The predicted octanol–water partition coefficient (Wildman–Crippen LogP) is 1.91. The molecule has 1 radical (unpaired) electrons. The Hall–Kier alpha value is -1.58. The maximum Gasteiger partial charge on any atom is 0.407 e. The fourth-order valence-corrected chi connectivity index (χ4v) is 0.940. The molecule has 0 aliphatic carbocycles. The number of alkyl carbamates (subject to hydrolysis) is 1. The summed E-state index contributed by atoms with van der Waals surface area (Å²) in [6, 6.07) is 3.63. The van der Waals surface area contributed by atoms with Crippen molar-refractivity contribution in [2.24, 2.45) is 0 Å². The number of rotatable bonds is 2. The second kappa shape index (κ2) is 4.77. The molecule has 81 valence electrons. The first kappa shape index (κ1) is 11.5. The van der Waals surface area contributed by atoms with Crippen LogP contribution in [0.2, 0.25) is 0 Å². The van der Waals surface area contributed by atoms with Gasteiger partial charge in [0.25, 0.3) is 0 Å². The average molecular weight is 207 g/mol. The van der Waals surface area contributed by atoms with Crippen LogP contribution in [-0.2, 0) is 11.3 Å². The van der Waals surface area contributed by atoms with Crippen LogP contribution >= 0.6 is 0 Å². The van der Waals surface area contributed by atoms with Crippen LogP contribution in [0.1, 0.15) is 26.3 Å². The molecule has 15 heavy (non-hydrogen) atoms. The van der Waals surface area contributed by atoms with Crippen LogP contribution in [-0.4, -0.2) is 16.7 Å². The van der Waals surface area contributed by atoms with Gasteiger partial charge in [0.05, 0.1) is 6.20 Å². The smallest absolute Gasteiger partial charge is 0.407 e. The number of aromatic nitrogens is 1. The summed E-state index contributed by atoms with van der Waals surface area (Å²) in [5, 5.41) is 2.62. The molecule has 0 fully saturated rings. The van der Waals surface area contributed by atoms with E-state index >= 15 is 0 Å². The van der Waals surface area contributed by atoms with Crippen LogP contribution in [0.4, 0.5) is 4.79 Å². The number of carbonyl (C=O) groups is 1. The fourth-order valence-electron chi connectivity index (χ4n) is 0.940. The van der Waals surface area contributed by atoms with Gasteiger partial charge in [-0.1, -0.05) is 6.07 Å². The number of nitrogens with zero attached hydrogens (tertiary/aromatic N) is 1. The first-order valence-corrected chi connectivity index (χ1v) is 4.76. The minimum atomic E-state index is -0.470. The molecule has 0 saturated carbocycles. The highest BCUT2D eigenvalue weighted by Gasteiger charge is 2.15. The molecule has 0 atom stereocenters. The number of carbonyl (C=O) groups excluding carboxylic acids is 1. The second-order valence-electron chi connectivity index (χ2n) is 4.13. The Kier molecular flexibility index (Phi) is 3.66. The van der Waals surface area contributed by atoms with Gasteiger partial charge in [0.2, 0.25) is 0 Å². The molecule has 1 rings (SSSR count). The van der Waals surface area contributed by atoms with Gasteiger partial charge in [0.1, 0.15) is 5.60 Å². The summed E-state index contributed by atoms with van der Waals surface area (Å²) in [5.41, 5.74) is 0.353. The molecule has 0 aliphatic rings. The number of hydrogen-bond donors (Lipinski definition) is 1. The molecule has 0 aliphatic heterocycles. The summed E-state index contributed by atoms with van der Waals surface area (Å²) in [4.78, 5) is 15.1. The van der Waals surface area contributed by atoms with E-state index in [1.165, 1.54) is 0 Å². The van der Waals surface area contributed by atoms with Gasteiger partial charge in [-0.2, -0.15) is 0 Å². The van der Waals surface area contributed by atoms with E-state index in [1.807, 2.05) is 26.8 Å². The van der Waals surface area contributed by atoms with Crippen molar-refractivity contribution in [2.75, 3.05) is 0 Å². The molecular weight excluding hydrogens is 192 g/mol. The lowest BCUT2D eigenvalue weighted by Crippen LogP contribution is -2.32. The summed E-state index contributed by atoms with van der Waals surface area (Å²) < 4.78 is 5.08. The van der Waals surface area contributed by atoms with Crippen LogP contribution in [0.5, 0.6) is 0 Å². The van der Waals surface area contributed by atoms with Crippen LogP contribution < -0.4 is 5.32 Å². The van der Waals surface area contributed by atoms with Crippen molar-refractivity contribution in [1.82, 2.24) is 10.3 Å². The van der Waals surface area contributed by atoms with E-state index in [1.54, 1.807) is 12.3 Å². The maximum atomic E-state index is 11.3. The van der Waals surface area contributed by atoms with E-state index in [9.17, 15) is 4.79 Å². The Bertz CT molecular complexity index is 317. The summed E-state index contributed by atoms with van der Waals surface area (Å²) >= 11 is 0. The first-order chi connectivity index (χ1) is 6.97. The van der Waals surface area contributed by atoms with E-state index in [4.69, 9.17) is 4.74 Å². The fraction of sp³-hybridized carbons (Fsp3) is 0.455. The zero-order valence-corrected chi connectivity index (χ0v) is 9.20. The Balaban J connectivity index is 2.35. The minimum Gasteiger partial charge on any atom is -0.444 e. The summed E-state index contributed by atoms with van der Waals surface area (Å²) in [6.45, 7) is 5.84. The van der Waals surface area contributed by atoms with Gasteiger partial charge in [-0.25, -0.2) is 4.79 Å². The highest BCUT2D eigenvalue weighted by molar-refractivity contribution is 5.67. The Labute approximate surface area is 89.7 Å². The topological polar surface area (TPSA) is 51.2 Å². The van der Waals surface area contributed by atoms with Crippen LogP contribution in [0.15, 0.2) is 18.3 Å². The number of pyridine rings is 1. The van der Waals surface area contributed by atoms with Crippen molar-refractivity contribution in [3.8, 4) is 0 Å². The largest absolute Gasteiger partial charge is 0.444 e. The number of ether oxygens (including phenoxy) is 1. The number of hydrogen-bond acceptors (Lipinski definition) is 3. The third-order valence-electron chi connectivity index (χ3n) is 1.49. The molecule has 0 unspecified atom stereocenters. The van der Waals surface area contributed by atoms with Gasteiger partial charge < -0.3 is 10.1 Å². The van der Waals surface area contributed by atoms with E-state index in [0.717, 1.165) is 5.56 Å². The van der Waals surface area contributed by atoms with Gasteiger partial charge >= 0.3 is 6.09 Å². The van der Waals surface area contributed by atoms with E-state index in [-0.39, 0.29) is 0 Å². The van der Waals surface area contributed by atoms with Crippen molar-refractivity contribution < 1.29 is 9.53 Å². The molecule has 4 nitrogen and oxygen atoms in total. The minimum absolute atomic E-state index is 0.378. The highest BCUT2D eigenvalue weighted by Crippen LogP contribution is 2.06. The molecular formula is C11H15N2O2. The van der Waals surface area contributed by atoms with Crippen molar-refractivity contribution in [1.29, 1.82) is 0 Å². The first-order valence-electron chi connectivity index (χ1n) is 4.76. The van der Waals surface area contributed by atoms with Crippen molar-refractivity contribution in [2.45, 2.75) is 32.9 Å². The summed E-state index contributed by atoms with van der Waals surface area (Å²) in [5.74, 6) is 0. The van der Waals surface area contributed by atoms with Crippen LogP contribution in [0, 0.1) is 6.20 Å². The zero-order chi connectivity index (χ0) is 11.3. The summed E-state index contributed by atoms with van der Waals surface area (Å²) in [6.07, 6.45) is 3.97. The van der Waals surface area contributed by atoms with Crippen molar-refractivity contribution in [3.63, 3.8) is 0 Å². The third-order valence-corrected chi connectivity index (χ3v) is 1.49. The standard InChI is InChI=1S/C11H15N2O2/c1-11(2,3)15-10(14)13-8-9-5-4-6-12-7-9/h4-6H,8H2,1-3H3,(H,13,14). The van der Waals surface area contributed by atoms with Gasteiger partial charge in [0, 0.05) is 12.7 Å². The second-order valence-corrected chi connectivity index (χ2v) is 4.13. The van der Waals surface area contributed by atoms with Gasteiger partial charge in [-0.15, -0.1) is 0 Å². The van der Waals surface area contributed by atoms with E-state index in [0.29, 0.717) is 6.54 Å². The van der Waals surface area contributed by atoms with Crippen molar-refractivity contribution in [3.05, 3.63) is 30.1 Å². The molecule has 0 saturated heterocycles. The molecule has 1 aromatic rings. The SMILES string of the molecule is CC(C)(C)OC(=O)NCc1[c]nccc1. The molecule has 4 heteroatoms. The lowest BCUT2D eigenvalue weighted by Gasteiger charge is -2.19. The Morgan fingerprint density at radius 3 is 2.87 bits per heavy atom. The molecule has 1 N–H and O–H groups in total. The number of amides is 1. The average Bonchev–Trinajstić information content (AvgIpc) is 2.14. The van der Waals surface area contributed by atoms with Crippen LogP contribution in [0.3, 0.4) is 0 Å². The maximum absolute atomic E-state index is 11.3. The normalized spacial score (nSPS) is 10.9. The summed E-state index contributed by atoms with van der Waals surface area (Å²) in [7, 11) is 0. The predicted molar refractivity (Wildman–Crippen MR) is 56.1 cm³/mol. The zero-order valence-electron chi connectivity index (χ0n) is 9.20. The lowest BCUT2D eigenvalue weighted by molar-refractivity contribution is 0.0523. The monoisotopic (exact) mass is 207 g/mol. The molecule has 0 bridgehead atoms.